The summed E-state index contributed by atoms with van der Waals surface area (Å²) in [7, 11) is 1.32. The molecular formula is C11H11NO4. The topological polar surface area (TPSA) is 64.6 Å². The monoisotopic (exact) mass is 221 g/mol. The third kappa shape index (κ3) is 1.84. The molecule has 2 rings (SSSR count). The molecule has 1 atom stereocenters. The average molecular weight is 221 g/mol. The largest absolute Gasteiger partial charge is 0.465 e. The van der Waals surface area contributed by atoms with Crippen LogP contribution in [-0.4, -0.2) is 25.8 Å². The van der Waals surface area contributed by atoms with E-state index in [1.54, 1.807) is 24.3 Å². The fourth-order valence-electron chi connectivity index (χ4n) is 1.65. The van der Waals surface area contributed by atoms with Crippen LogP contribution in [-0.2, 0) is 9.47 Å². The summed E-state index contributed by atoms with van der Waals surface area (Å²) in [5.41, 5.74) is 1.15. The Morgan fingerprint density at radius 3 is 2.88 bits per heavy atom. The molecule has 1 aromatic carbocycles. The second-order valence-electron chi connectivity index (χ2n) is 3.37. The first-order valence-electron chi connectivity index (χ1n) is 4.83. The molecule has 0 bridgehead atoms. The molecule has 1 aliphatic heterocycles. The highest BCUT2D eigenvalue weighted by Gasteiger charge is 2.27. The number of methoxy groups -OCH3 is 1. The summed E-state index contributed by atoms with van der Waals surface area (Å²) in [6.07, 6.45) is -0.468. The first kappa shape index (κ1) is 10.5. The molecule has 1 aromatic rings. The van der Waals surface area contributed by atoms with Crippen LogP contribution in [0.5, 0.6) is 0 Å². The summed E-state index contributed by atoms with van der Waals surface area (Å²) in [6, 6.07) is 6.68. The van der Waals surface area contributed by atoms with E-state index >= 15 is 0 Å². The molecule has 5 heteroatoms. The molecular weight excluding hydrogens is 210 g/mol. The highest BCUT2D eigenvalue weighted by atomic mass is 16.6. The van der Waals surface area contributed by atoms with Crippen LogP contribution in [0.1, 0.15) is 22.0 Å². The van der Waals surface area contributed by atoms with E-state index in [1.165, 1.54) is 7.11 Å². The Balaban J connectivity index is 2.33. The van der Waals surface area contributed by atoms with Crippen molar-refractivity contribution >= 4 is 12.1 Å². The van der Waals surface area contributed by atoms with Gasteiger partial charge in [0.05, 0.1) is 18.7 Å². The lowest BCUT2D eigenvalue weighted by molar-refractivity contribution is 0.0598. The highest BCUT2D eigenvalue weighted by Crippen LogP contribution is 2.22. The molecule has 5 nitrogen and oxygen atoms in total. The summed E-state index contributed by atoms with van der Waals surface area (Å²) in [6.45, 7) is 0.229. The smallest absolute Gasteiger partial charge is 0.407 e. The lowest BCUT2D eigenvalue weighted by atomic mass is 10.0. The predicted molar refractivity (Wildman–Crippen MR) is 55.0 cm³/mol. The normalized spacial score (nSPS) is 18.8. The molecule has 0 unspecified atom stereocenters. The molecule has 84 valence electrons. The summed E-state index contributed by atoms with van der Waals surface area (Å²) in [4.78, 5) is 22.4. The zero-order valence-electron chi connectivity index (χ0n) is 8.73. The Labute approximate surface area is 92.4 Å². The minimum atomic E-state index is -0.468. The molecule has 1 aliphatic rings. The number of alkyl carbamates (subject to hydrolysis) is 1. The number of ether oxygens (including phenoxy) is 2. The molecule has 1 amide bonds. The fraction of sp³-hybridized carbons (Fsp3) is 0.273. The Morgan fingerprint density at radius 2 is 2.25 bits per heavy atom. The molecule has 0 spiro atoms. The van der Waals surface area contributed by atoms with Crippen molar-refractivity contribution in [2.75, 3.05) is 13.7 Å². The Morgan fingerprint density at radius 1 is 1.50 bits per heavy atom. The van der Waals surface area contributed by atoms with Gasteiger partial charge in [0.2, 0.25) is 0 Å². The number of benzene rings is 1. The van der Waals surface area contributed by atoms with Gasteiger partial charge in [0.1, 0.15) is 6.61 Å². The van der Waals surface area contributed by atoms with Crippen molar-refractivity contribution < 1.29 is 19.1 Å². The van der Waals surface area contributed by atoms with Gasteiger partial charge in [-0.15, -0.1) is 0 Å². The quantitative estimate of drug-likeness (QED) is 0.763. The van der Waals surface area contributed by atoms with Gasteiger partial charge in [0, 0.05) is 0 Å². The molecule has 1 saturated heterocycles. The van der Waals surface area contributed by atoms with E-state index < -0.39 is 12.1 Å². The van der Waals surface area contributed by atoms with Crippen LogP contribution in [0.25, 0.3) is 0 Å². The van der Waals surface area contributed by atoms with Gasteiger partial charge in [0.25, 0.3) is 0 Å². The van der Waals surface area contributed by atoms with Gasteiger partial charge in [-0.3, -0.25) is 0 Å². The average Bonchev–Trinajstić information content (AvgIpc) is 2.75. The second kappa shape index (κ2) is 4.22. The minimum Gasteiger partial charge on any atom is -0.465 e. The minimum absolute atomic E-state index is 0.229. The first-order chi connectivity index (χ1) is 7.72. The van der Waals surface area contributed by atoms with Crippen molar-refractivity contribution in [1.82, 2.24) is 5.32 Å². The lowest BCUT2D eigenvalue weighted by Crippen LogP contribution is -2.21. The van der Waals surface area contributed by atoms with E-state index in [1.807, 2.05) is 0 Å². The van der Waals surface area contributed by atoms with E-state index in [0.717, 1.165) is 0 Å². The van der Waals surface area contributed by atoms with E-state index in [0.29, 0.717) is 11.1 Å². The zero-order valence-corrected chi connectivity index (χ0v) is 8.73. The van der Waals surface area contributed by atoms with Gasteiger partial charge in [-0.25, -0.2) is 9.59 Å². The van der Waals surface area contributed by atoms with Gasteiger partial charge in [0.15, 0.2) is 0 Å². The highest BCUT2D eigenvalue weighted by molar-refractivity contribution is 5.91. The maximum atomic E-state index is 11.5. The standard InChI is InChI=1S/C11H11NO4/c1-15-10(13)8-5-3-2-4-7(8)9-6-16-11(14)12-9/h2-5,9H,6H2,1H3,(H,12,14)/t9-/m0/s1. The Kier molecular flexibility index (Phi) is 2.76. The molecule has 0 aromatic heterocycles. The number of nitrogens with one attached hydrogen (secondary N) is 1. The Bertz CT molecular complexity index is 430. The van der Waals surface area contributed by atoms with E-state index in [9.17, 15) is 9.59 Å². The van der Waals surface area contributed by atoms with Crippen molar-refractivity contribution in [1.29, 1.82) is 0 Å². The lowest BCUT2D eigenvalue weighted by Gasteiger charge is -2.11. The maximum Gasteiger partial charge on any atom is 0.407 e. The molecule has 0 saturated carbocycles. The van der Waals surface area contributed by atoms with E-state index in [-0.39, 0.29) is 12.6 Å². The molecule has 1 heterocycles. The maximum absolute atomic E-state index is 11.5. The number of amides is 1. The van der Waals surface area contributed by atoms with Crippen molar-refractivity contribution in [2.45, 2.75) is 6.04 Å². The number of hydrogen-bond donors (Lipinski definition) is 1. The zero-order chi connectivity index (χ0) is 11.5. The summed E-state index contributed by atoms with van der Waals surface area (Å²) in [5.74, 6) is -0.420. The number of carbonyl (C=O) groups is 2. The number of cyclic esters (lactones) is 1. The Hall–Kier alpha value is -2.04. The van der Waals surface area contributed by atoms with Gasteiger partial charge in [-0.2, -0.15) is 0 Å². The van der Waals surface area contributed by atoms with E-state index in [4.69, 9.17) is 4.74 Å². The van der Waals surface area contributed by atoms with Crippen molar-refractivity contribution in [3.05, 3.63) is 35.4 Å². The van der Waals surface area contributed by atoms with Crippen LogP contribution in [0, 0.1) is 0 Å². The van der Waals surface area contributed by atoms with Crippen molar-refractivity contribution in [2.24, 2.45) is 0 Å². The van der Waals surface area contributed by atoms with Gasteiger partial charge < -0.3 is 14.8 Å². The number of rotatable bonds is 2. The second-order valence-corrected chi connectivity index (χ2v) is 3.37. The van der Waals surface area contributed by atoms with Crippen molar-refractivity contribution in [3.63, 3.8) is 0 Å². The van der Waals surface area contributed by atoms with Crippen LogP contribution in [0.2, 0.25) is 0 Å². The van der Waals surface area contributed by atoms with Gasteiger partial charge in [-0.1, -0.05) is 18.2 Å². The van der Waals surface area contributed by atoms with Crippen molar-refractivity contribution in [3.8, 4) is 0 Å². The van der Waals surface area contributed by atoms with Crippen LogP contribution < -0.4 is 5.32 Å². The third-order valence-corrected chi connectivity index (χ3v) is 2.41. The molecule has 0 aliphatic carbocycles. The van der Waals surface area contributed by atoms with Crippen LogP contribution in [0.3, 0.4) is 0 Å². The molecule has 1 fully saturated rings. The predicted octanol–water partition coefficient (Wildman–Crippen LogP) is 1.25. The van der Waals surface area contributed by atoms with Crippen LogP contribution in [0.15, 0.2) is 24.3 Å². The third-order valence-electron chi connectivity index (χ3n) is 2.41. The summed E-state index contributed by atoms with van der Waals surface area (Å²) >= 11 is 0. The number of hydrogen-bond acceptors (Lipinski definition) is 4. The van der Waals surface area contributed by atoms with E-state index in [2.05, 4.69) is 10.1 Å². The number of esters is 1. The number of carbonyl (C=O) groups excluding carboxylic acids is 2. The van der Waals surface area contributed by atoms with Crippen LogP contribution >= 0.6 is 0 Å². The summed E-state index contributed by atoms with van der Waals surface area (Å²) < 4.78 is 9.46. The molecule has 0 radical (unpaired) electrons. The van der Waals surface area contributed by atoms with Gasteiger partial charge in [-0.05, 0) is 11.6 Å². The molecule has 16 heavy (non-hydrogen) atoms. The fourth-order valence-corrected chi connectivity index (χ4v) is 1.65. The summed E-state index contributed by atoms with van der Waals surface area (Å²) in [5, 5.41) is 2.62. The van der Waals surface area contributed by atoms with Gasteiger partial charge >= 0.3 is 12.1 Å². The molecule has 1 N–H and O–H groups in total. The first-order valence-corrected chi connectivity index (χ1v) is 4.83. The van der Waals surface area contributed by atoms with Crippen LogP contribution in [0.4, 0.5) is 4.79 Å². The SMILES string of the molecule is COC(=O)c1ccccc1[C@@H]1COC(=O)N1.